The zero-order chi connectivity index (χ0) is 21.9. The van der Waals surface area contributed by atoms with Gasteiger partial charge in [0.25, 0.3) is 0 Å². The number of anilines is 1. The maximum atomic E-state index is 12.2. The van der Waals surface area contributed by atoms with E-state index < -0.39 is 40.5 Å². The third-order valence-electron chi connectivity index (χ3n) is 4.37. The van der Waals surface area contributed by atoms with Crippen LogP contribution >= 0.6 is 0 Å². The number of aliphatic carboxylic acids is 1. The van der Waals surface area contributed by atoms with Gasteiger partial charge in [-0.15, -0.1) is 13.2 Å². The molecule has 0 bridgehead atoms. The molecule has 0 amide bonds. The van der Waals surface area contributed by atoms with Crippen LogP contribution in [-0.2, 0) is 4.79 Å². The lowest BCUT2D eigenvalue weighted by Gasteiger charge is -2.30. The van der Waals surface area contributed by atoms with Gasteiger partial charge >= 0.3 is 23.9 Å². The normalized spacial score (nSPS) is 15.0. The van der Waals surface area contributed by atoms with E-state index in [1.807, 2.05) is 0 Å². The average Bonchev–Trinajstić information content (AvgIpc) is 2.68. The van der Waals surface area contributed by atoms with Crippen molar-refractivity contribution in [2.24, 2.45) is 5.92 Å². The molecule has 0 aliphatic carbocycles. The zero-order valence-electron chi connectivity index (χ0n) is 15.2. The number of carboxylic acid groups (broad SMARTS) is 1. The molecular weight excluding hydrogens is 413 g/mol. The van der Waals surface area contributed by atoms with Gasteiger partial charge in [-0.2, -0.15) is 4.98 Å². The monoisotopic (exact) mass is 428 g/mol. The van der Waals surface area contributed by atoms with E-state index in [2.05, 4.69) is 14.7 Å². The lowest BCUT2D eigenvalue weighted by Crippen LogP contribution is -2.37. The number of carbonyl (C=O) groups is 1. The van der Waals surface area contributed by atoms with Gasteiger partial charge in [0.15, 0.2) is 0 Å². The first-order chi connectivity index (χ1) is 14.1. The number of alkyl halides is 3. The van der Waals surface area contributed by atoms with Gasteiger partial charge in [0.1, 0.15) is 17.8 Å². The molecule has 13 heteroatoms. The molecule has 0 atom stereocenters. The second-order valence-electron chi connectivity index (χ2n) is 6.33. The minimum atomic E-state index is -4.85. The van der Waals surface area contributed by atoms with Gasteiger partial charge < -0.3 is 19.5 Å². The van der Waals surface area contributed by atoms with Crippen LogP contribution in [0.5, 0.6) is 17.4 Å². The van der Waals surface area contributed by atoms with Crippen molar-refractivity contribution < 1.29 is 37.5 Å². The quantitative estimate of drug-likeness (QED) is 0.544. The summed E-state index contributed by atoms with van der Waals surface area (Å²) in [5.74, 6) is -2.35. The number of hydrogen-bond acceptors (Lipinski definition) is 8. The Kier molecular flexibility index (Phi) is 5.89. The molecule has 0 spiro atoms. The van der Waals surface area contributed by atoms with Crippen LogP contribution in [0.1, 0.15) is 12.8 Å². The summed E-state index contributed by atoms with van der Waals surface area (Å²) in [5.41, 5.74) is -0.526. The van der Waals surface area contributed by atoms with Crippen molar-refractivity contribution in [2.45, 2.75) is 19.2 Å². The van der Waals surface area contributed by atoms with E-state index in [4.69, 9.17) is 9.84 Å². The summed E-state index contributed by atoms with van der Waals surface area (Å²) in [6.45, 7) is 0.496. The van der Waals surface area contributed by atoms with Crippen LogP contribution in [0.3, 0.4) is 0 Å². The number of piperidine rings is 1. The van der Waals surface area contributed by atoms with Crippen molar-refractivity contribution in [3.8, 4) is 17.4 Å². The van der Waals surface area contributed by atoms with Crippen LogP contribution in [0, 0.1) is 16.0 Å². The molecule has 2 heterocycles. The molecule has 160 valence electrons. The first-order valence-corrected chi connectivity index (χ1v) is 8.65. The van der Waals surface area contributed by atoms with Gasteiger partial charge in [0.2, 0.25) is 5.82 Å². The van der Waals surface area contributed by atoms with Crippen molar-refractivity contribution in [2.75, 3.05) is 18.0 Å². The number of halogens is 3. The second kappa shape index (κ2) is 8.39. The molecule has 1 N–H and O–H groups in total. The highest BCUT2D eigenvalue weighted by atomic mass is 19.4. The predicted molar refractivity (Wildman–Crippen MR) is 94.5 cm³/mol. The van der Waals surface area contributed by atoms with E-state index in [-0.39, 0.29) is 24.7 Å². The molecule has 1 saturated heterocycles. The number of hydrogen-bond donors (Lipinski definition) is 1. The number of ether oxygens (including phenoxy) is 2. The average molecular weight is 428 g/mol. The molecule has 1 aliphatic rings. The smallest absolute Gasteiger partial charge is 0.481 e. The fraction of sp³-hybridized carbons (Fsp3) is 0.353. The second-order valence-corrected chi connectivity index (χ2v) is 6.33. The van der Waals surface area contributed by atoms with E-state index in [1.54, 1.807) is 4.90 Å². The number of benzene rings is 1. The Balaban J connectivity index is 1.81. The van der Waals surface area contributed by atoms with Gasteiger partial charge in [0.05, 0.1) is 10.8 Å². The summed E-state index contributed by atoms with van der Waals surface area (Å²) >= 11 is 0. The van der Waals surface area contributed by atoms with Gasteiger partial charge in [-0.1, -0.05) is 0 Å². The van der Waals surface area contributed by atoms with Crippen molar-refractivity contribution >= 4 is 17.5 Å². The Morgan fingerprint density at radius 1 is 1.17 bits per heavy atom. The van der Waals surface area contributed by atoms with Crippen LogP contribution < -0.4 is 14.4 Å². The molecule has 3 rings (SSSR count). The van der Waals surface area contributed by atoms with Crippen LogP contribution in [0.15, 0.2) is 30.6 Å². The van der Waals surface area contributed by atoms with Crippen molar-refractivity contribution in [3.63, 3.8) is 0 Å². The third kappa shape index (κ3) is 5.04. The summed E-state index contributed by atoms with van der Waals surface area (Å²) in [5, 5.41) is 20.7. The SMILES string of the molecule is O=C(O)C1CCN(c2ncnc(Oc3ccc(OC(F)(F)F)cc3)c2[N+](=O)[O-])CC1. The fourth-order valence-electron chi connectivity index (χ4n) is 2.98. The molecule has 1 aromatic carbocycles. The van der Waals surface area contributed by atoms with E-state index in [0.29, 0.717) is 12.8 Å². The number of nitro groups is 1. The number of carboxylic acids is 1. The topological polar surface area (TPSA) is 128 Å². The Morgan fingerprint density at radius 3 is 2.30 bits per heavy atom. The third-order valence-corrected chi connectivity index (χ3v) is 4.37. The standard InChI is InChI=1S/C17H15F3N4O6/c18-17(19,20)30-12-3-1-11(2-4-12)29-15-13(24(27)28)14(21-9-22-15)23-7-5-10(6-8-23)16(25)26/h1-4,9-10H,5-8H2,(H,25,26). The number of aromatic nitrogens is 2. The lowest BCUT2D eigenvalue weighted by molar-refractivity contribution is -0.385. The zero-order valence-corrected chi connectivity index (χ0v) is 15.2. The maximum Gasteiger partial charge on any atom is 0.573 e. The molecule has 0 saturated carbocycles. The Hall–Kier alpha value is -3.64. The van der Waals surface area contributed by atoms with Crippen LogP contribution in [0.4, 0.5) is 24.7 Å². The molecule has 0 unspecified atom stereocenters. The molecule has 10 nitrogen and oxygen atoms in total. The maximum absolute atomic E-state index is 12.2. The highest BCUT2D eigenvalue weighted by molar-refractivity contribution is 5.71. The molecule has 1 aliphatic heterocycles. The van der Waals surface area contributed by atoms with E-state index >= 15 is 0 Å². The summed E-state index contributed by atoms with van der Waals surface area (Å²) < 4.78 is 45.9. The molecule has 30 heavy (non-hydrogen) atoms. The molecular formula is C17H15F3N4O6. The van der Waals surface area contributed by atoms with Gasteiger partial charge in [-0.05, 0) is 37.1 Å². The number of nitrogens with zero attached hydrogens (tertiary/aromatic N) is 4. The predicted octanol–water partition coefficient (Wildman–Crippen LogP) is 3.38. The summed E-state index contributed by atoms with van der Waals surface area (Å²) in [7, 11) is 0. The largest absolute Gasteiger partial charge is 0.573 e. The summed E-state index contributed by atoms with van der Waals surface area (Å²) in [6.07, 6.45) is -3.19. The number of rotatable bonds is 6. The fourth-order valence-corrected chi connectivity index (χ4v) is 2.98. The first kappa shape index (κ1) is 21.1. The van der Waals surface area contributed by atoms with E-state index in [9.17, 15) is 28.1 Å². The molecule has 1 fully saturated rings. The Bertz CT molecular complexity index is 930. The highest BCUT2D eigenvalue weighted by Gasteiger charge is 2.33. The van der Waals surface area contributed by atoms with E-state index in [1.165, 1.54) is 0 Å². The van der Waals surface area contributed by atoms with Crippen LogP contribution in [-0.4, -0.2) is 45.4 Å². The van der Waals surface area contributed by atoms with Gasteiger partial charge in [-0.3, -0.25) is 14.9 Å². The summed E-state index contributed by atoms with van der Waals surface area (Å²) in [6, 6.07) is 4.27. The molecule has 1 aromatic heterocycles. The van der Waals surface area contributed by atoms with Gasteiger partial charge in [-0.25, -0.2) is 4.98 Å². The highest BCUT2D eigenvalue weighted by Crippen LogP contribution is 2.38. The molecule has 0 radical (unpaired) electrons. The lowest BCUT2D eigenvalue weighted by atomic mass is 9.97. The van der Waals surface area contributed by atoms with Crippen LogP contribution in [0.2, 0.25) is 0 Å². The van der Waals surface area contributed by atoms with Crippen LogP contribution in [0.25, 0.3) is 0 Å². The van der Waals surface area contributed by atoms with Crippen molar-refractivity contribution in [1.29, 1.82) is 0 Å². The Morgan fingerprint density at radius 2 is 1.77 bits per heavy atom. The minimum absolute atomic E-state index is 0.00172. The van der Waals surface area contributed by atoms with Crippen molar-refractivity contribution in [3.05, 3.63) is 40.7 Å². The minimum Gasteiger partial charge on any atom is -0.481 e. The molecule has 2 aromatic rings. The van der Waals surface area contributed by atoms with Gasteiger partial charge in [0, 0.05) is 13.1 Å². The van der Waals surface area contributed by atoms with Crippen molar-refractivity contribution in [1.82, 2.24) is 9.97 Å². The first-order valence-electron chi connectivity index (χ1n) is 8.65. The Labute approximate surface area is 167 Å². The summed E-state index contributed by atoms with van der Waals surface area (Å²) in [4.78, 5) is 31.3. The van der Waals surface area contributed by atoms with E-state index in [0.717, 1.165) is 30.6 Å².